The smallest absolute Gasteiger partial charge is 0.233 e. The van der Waals surface area contributed by atoms with E-state index in [0.717, 1.165) is 5.69 Å². The van der Waals surface area contributed by atoms with Crippen molar-refractivity contribution in [1.29, 1.82) is 0 Å². The van der Waals surface area contributed by atoms with Crippen LogP contribution in [0.3, 0.4) is 0 Å². The first-order valence-corrected chi connectivity index (χ1v) is 5.16. The van der Waals surface area contributed by atoms with Gasteiger partial charge < -0.3 is 4.74 Å². The maximum Gasteiger partial charge on any atom is 0.233 e. The van der Waals surface area contributed by atoms with E-state index in [9.17, 15) is 0 Å². The quantitative estimate of drug-likeness (QED) is 0.806. The van der Waals surface area contributed by atoms with E-state index in [1.54, 1.807) is 17.6 Å². The van der Waals surface area contributed by atoms with Crippen LogP contribution in [-0.4, -0.2) is 15.2 Å². The molecule has 0 atom stereocenters. The summed E-state index contributed by atoms with van der Waals surface area (Å²) in [5.41, 5.74) is 2.64. The summed E-state index contributed by atoms with van der Waals surface area (Å²) in [6.07, 6.45) is 0. The Hall–Kier alpha value is -1.20. The molecule has 14 heavy (non-hydrogen) atoms. The van der Waals surface area contributed by atoms with Crippen LogP contribution in [0.15, 0.2) is 23.0 Å². The molecule has 0 spiro atoms. The Balaban J connectivity index is 1.95. The SMILES string of the molecule is Clc1ccc(OCc2cscn2)nn1. The van der Waals surface area contributed by atoms with Gasteiger partial charge in [0, 0.05) is 11.4 Å². The Kier molecular flexibility index (Phi) is 2.90. The van der Waals surface area contributed by atoms with Crippen LogP contribution in [0, 0.1) is 0 Å². The summed E-state index contributed by atoms with van der Waals surface area (Å²) in [7, 11) is 0. The third kappa shape index (κ3) is 2.40. The Morgan fingerprint density at radius 3 is 2.93 bits per heavy atom. The highest BCUT2D eigenvalue weighted by Crippen LogP contribution is 2.10. The highest BCUT2D eigenvalue weighted by molar-refractivity contribution is 7.07. The van der Waals surface area contributed by atoms with Gasteiger partial charge in [-0.25, -0.2) is 4.98 Å². The standard InChI is InChI=1S/C8H6ClN3OS/c9-7-1-2-8(12-11-7)13-3-6-4-14-5-10-6/h1-2,4-5H,3H2. The molecule has 4 nitrogen and oxygen atoms in total. The lowest BCUT2D eigenvalue weighted by atomic mass is 10.5. The Bertz CT molecular complexity index is 389. The maximum atomic E-state index is 5.57. The van der Waals surface area contributed by atoms with Crippen molar-refractivity contribution in [2.24, 2.45) is 0 Å². The minimum absolute atomic E-state index is 0.353. The number of halogens is 1. The zero-order valence-corrected chi connectivity index (χ0v) is 8.63. The van der Waals surface area contributed by atoms with Gasteiger partial charge in [0.1, 0.15) is 6.61 Å². The van der Waals surface area contributed by atoms with Gasteiger partial charge in [0.2, 0.25) is 5.88 Å². The number of hydrogen-bond donors (Lipinski definition) is 0. The van der Waals surface area contributed by atoms with Gasteiger partial charge in [-0.1, -0.05) is 11.6 Å². The summed E-state index contributed by atoms with van der Waals surface area (Å²) >= 11 is 7.10. The van der Waals surface area contributed by atoms with Gasteiger partial charge in [-0.3, -0.25) is 0 Å². The van der Waals surface area contributed by atoms with Crippen molar-refractivity contribution in [2.45, 2.75) is 6.61 Å². The molecule has 0 N–H and O–H groups in total. The van der Waals surface area contributed by atoms with Gasteiger partial charge >= 0.3 is 0 Å². The molecule has 0 fully saturated rings. The molecule has 0 amide bonds. The number of nitrogens with zero attached hydrogens (tertiary/aromatic N) is 3. The predicted octanol–water partition coefficient (Wildman–Crippen LogP) is 2.17. The Morgan fingerprint density at radius 1 is 1.36 bits per heavy atom. The largest absolute Gasteiger partial charge is 0.470 e. The molecule has 0 aliphatic rings. The summed E-state index contributed by atoms with van der Waals surface area (Å²) in [6, 6.07) is 3.30. The van der Waals surface area contributed by atoms with Crippen LogP contribution < -0.4 is 4.74 Å². The topological polar surface area (TPSA) is 47.9 Å². The van der Waals surface area contributed by atoms with Crippen LogP contribution in [0.2, 0.25) is 5.15 Å². The zero-order valence-electron chi connectivity index (χ0n) is 7.05. The van der Waals surface area contributed by atoms with E-state index in [-0.39, 0.29) is 0 Å². The van der Waals surface area contributed by atoms with Crippen LogP contribution in [0.25, 0.3) is 0 Å². The van der Waals surface area contributed by atoms with Gasteiger partial charge in [0.05, 0.1) is 11.2 Å². The Labute approximate surface area is 89.5 Å². The lowest BCUT2D eigenvalue weighted by molar-refractivity contribution is 0.286. The molecule has 0 saturated carbocycles. The lowest BCUT2D eigenvalue weighted by Gasteiger charge is -2.00. The highest BCUT2D eigenvalue weighted by atomic mass is 35.5. The molecule has 2 heterocycles. The fraction of sp³-hybridized carbons (Fsp3) is 0.125. The van der Waals surface area contributed by atoms with Crippen molar-refractivity contribution in [1.82, 2.24) is 15.2 Å². The van der Waals surface area contributed by atoms with Crippen LogP contribution in [0.5, 0.6) is 5.88 Å². The van der Waals surface area contributed by atoms with Crippen LogP contribution >= 0.6 is 22.9 Å². The van der Waals surface area contributed by atoms with E-state index in [4.69, 9.17) is 16.3 Å². The monoisotopic (exact) mass is 227 g/mol. The third-order valence-corrected chi connectivity index (χ3v) is 2.30. The molecule has 0 bridgehead atoms. The van der Waals surface area contributed by atoms with Gasteiger partial charge in [0.15, 0.2) is 5.15 Å². The Morgan fingerprint density at radius 2 is 2.29 bits per heavy atom. The molecule has 0 aliphatic carbocycles. The predicted molar refractivity (Wildman–Crippen MR) is 53.5 cm³/mol. The summed E-state index contributed by atoms with van der Waals surface area (Å²) < 4.78 is 5.32. The van der Waals surface area contributed by atoms with Gasteiger partial charge in [-0.15, -0.1) is 21.5 Å². The molecule has 0 aromatic carbocycles. The summed E-state index contributed by atoms with van der Waals surface area (Å²) in [6.45, 7) is 0.403. The van der Waals surface area contributed by atoms with E-state index < -0.39 is 0 Å². The third-order valence-electron chi connectivity index (χ3n) is 1.46. The van der Waals surface area contributed by atoms with Crippen LogP contribution in [-0.2, 0) is 6.61 Å². The maximum absolute atomic E-state index is 5.57. The average molecular weight is 228 g/mol. The zero-order chi connectivity index (χ0) is 9.80. The van der Waals surface area contributed by atoms with Crippen molar-refractivity contribution in [2.75, 3.05) is 0 Å². The molecule has 6 heteroatoms. The summed E-state index contributed by atoms with van der Waals surface area (Å²) in [5.74, 6) is 0.447. The van der Waals surface area contributed by atoms with Crippen LogP contribution in [0.1, 0.15) is 5.69 Å². The van der Waals surface area contributed by atoms with E-state index in [1.807, 2.05) is 5.38 Å². The van der Waals surface area contributed by atoms with E-state index >= 15 is 0 Å². The lowest BCUT2D eigenvalue weighted by Crippen LogP contribution is -1.98. The van der Waals surface area contributed by atoms with Gasteiger partial charge in [-0.2, -0.15) is 0 Å². The number of thiazole rings is 1. The van der Waals surface area contributed by atoms with E-state index in [2.05, 4.69) is 15.2 Å². The first-order chi connectivity index (χ1) is 6.84. The van der Waals surface area contributed by atoms with E-state index in [0.29, 0.717) is 17.6 Å². The van der Waals surface area contributed by atoms with Crippen molar-refractivity contribution < 1.29 is 4.74 Å². The van der Waals surface area contributed by atoms with Gasteiger partial charge in [0.25, 0.3) is 0 Å². The summed E-state index contributed by atoms with van der Waals surface area (Å²) in [4.78, 5) is 4.07. The minimum Gasteiger partial charge on any atom is -0.470 e. The minimum atomic E-state index is 0.353. The molecule has 0 radical (unpaired) electrons. The highest BCUT2D eigenvalue weighted by Gasteiger charge is 1.99. The fourth-order valence-electron chi connectivity index (χ4n) is 0.837. The molecule has 72 valence electrons. The molecule has 0 saturated heterocycles. The normalized spacial score (nSPS) is 10.1. The molecule has 2 rings (SSSR count). The number of ether oxygens (including phenoxy) is 1. The fourth-order valence-corrected chi connectivity index (χ4v) is 1.48. The first-order valence-electron chi connectivity index (χ1n) is 3.84. The van der Waals surface area contributed by atoms with E-state index in [1.165, 1.54) is 11.3 Å². The summed E-state index contributed by atoms with van der Waals surface area (Å²) in [5, 5.41) is 9.67. The molecule has 0 unspecified atom stereocenters. The average Bonchev–Trinajstić information content (AvgIpc) is 2.70. The van der Waals surface area contributed by atoms with Crippen molar-refractivity contribution in [3.05, 3.63) is 33.9 Å². The molecular weight excluding hydrogens is 222 g/mol. The molecular formula is C8H6ClN3OS. The van der Waals surface area contributed by atoms with Gasteiger partial charge in [-0.05, 0) is 6.07 Å². The second kappa shape index (κ2) is 4.34. The van der Waals surface area contributed by atoms with Crippen molar-refractivity contribution in [3.63, 3.8) is 0 Å². The second-order valence-corrected chi connectivity index (χ2v) is 3.57. The molecule has 0 aliphatic heterocycles. The number of hydrogen-bond acceptors (Lipinski definition) is 5. The number of aromatic nitrogens is 3. The van der Waals surface area contributed by atoms with Crippen molar-refractivity contribution >= 4 is 22.9 Å². The molecule has 2 aromatic rings. The number of rotatable bonds is 3. The van der Waals surface area contributed by atoms with Crippen LogP contribution in [0.4, 0.5) is 0 Å². The molecule has 2 aromatic heterocycles. The van der Waals surface area contributed by atoms with Crippen molar-refractivity contribution in [3.8, 4) is 5.88 Å². The first kappa shape index (κ1) is 9.36. The second-order valence-electron chi connectivity index (χ2n) is 2.46.